The summed E-state index contributed by atoms with van der Waals surface area (Å²) in [7, 11) is 0. The third-order valence-corrected chi connectivity index (χ3v) is 3.38. The van der Waals surface area contributed by atoms with E-state index in [1.165, 1.54) is 23.0 Å². The number of hydrogen-bond acceptors (Lipinski definition) is 3. The maximum atomic E-state index is 12.9. The molecule has 1 atom stereocenters. The molecule has 20 heavy (non-hydrogen) atoms. The van der Waals surface area contributed by atoms with Crippen LogP contribution in [0.25, 0.3) is 5.69 Å². The number of carbonyl (C=O) groups is 1. The van der Waals surface area contributed by atoms with E-state index < -0.39 is 5.97 Å². The monoisotopic (exact) mass is 276 g/mol. The lowest BCUT2D eigenvalue weighted by Crippen LogP contribution is -2.06. The van der Waals surface area contributed by atoms with Gasteiger partial charge in [-0.15, -0.1) is 0 Å². The van der Waals surface area contributed by atoms with Crippen LogP contribution in [-0.4, -0.2) is 34.1 Å². The van der Waals surface area contributed by atoms with E-state index in [0.29, 0.717) is 24.6 Å². The van der Waals surface area contributed by atoms with Gasteiger partial charge in [-0.25, -0.2) is 13.9 Å². The lowest BCUT2D eigenvalue weighted by atomic mass is 10.0. The van der Waals surface area contributed by atoms with Crippen molar-refractivity contribution in [2.45, 2.75) is 12.3 Å². The fraction of sp³-hybridized carbons (Fsp3) is 0.286. The third kappa shape index (κ3) is 2.30. The number of halogens is 1. The number of rotatable bonds is 3. The molecule has 104 valence electrons. The van der Waals surface area contributed by atoms with Gasteiger partial charge in [-0.1, -0.05) is 0 Å². The number of benzene rings is 1. The molecule has 0 aliphatic carbocycles. The first-order valence-corrected chi connectivity index (χ1v) is 6.31. The van der Waals surface area contributed by atoms with E-state index in [0.717, 1.165) is 6.42 Å². The van der Waals surface area contributed by atoms with Crippen molar-refractivity contribution in [2.75, 3.05) is 13.2 Å². The number of hydrogen-bond donors (Lipinski definition) is 1. The Kier molecular flexibility index (Phi) is 3.23. The van der Waals surface area contributed by atoms with E-state index in [4.69, 9.17) is 4.74 Å². The van der Waals surface area contributed by atoms with Gasteiger partial charge >= 0.3 is 5.97 Å². The zero-order chi connectivity index (χ0) is 14.1. The minimum atomic E-state index is -1.01. The van der Waals surface area contributed by atoms with Gasteiger partial charge in [0.2, 0.25) is 0 Å². The number of ether oxygens (including phenoxy) is 1. The van der Waals surface area contributed by atoms with Crippen molar-refractivity contribution in [3.63, 3.8) is 0 Å². The van der Waals surface area contributed by atoms with Crippen LogP contribution in [-0.2, 0) is 4.74 Å². The van der Waals surface area contributed by atoms with Crippen molar-refractivity contribution in [3.05, 3.63) is 47.5 Å². The van der Waals surface area contributed by atoms with Gasteiger partial charge in [0.15, 0.2) is 0 Å². The van der Waals surface area contributed by atoms with Crippen LogP contribution in [0.3, 0.4) is 0 Å². The lowest BCUT2D eigenvalue weighted by Gasteiger charge is -2.04. The molecule has 0 saturated carbocycles. The Hall–Kier alpha value is -2.21. The standard InChI is InChI=1S/C14H13FN2O3/c15-10-1-3-11(4-2-10)17-7-12(14(18)19)13(16-17)9-5-6-20-8-9/h1-4,7,9H,5-6,8H2,(H,18,19). The SMILES string of the molecule is O=C(O)c1cn(-c2ccc(F)cc2)nc1C1CCOC1. The molecule has 1 unspecified atom stereocenters. The van der Waals surface area contributed by atoms with Crippen LogP contribution in [0.1, 0.15) is 28.4 Å². The summed E-state index contributed by atoms with van der Waals surface area (Å²) in [5, 5.41) is 13.6. The zero-order valence-corrected chi connectivity index (χ0v) is 10.6. The van der Waals surface area contributed by atoms with Gasteiger partial charge in [0.05, 0.1) is 18.0 Å². The first kappa shape index (κ1) is 12.8. The largest absolute Gasteiger partial charge is 0.478 e. The predicted octanol–water partition coefficient (Wildman–Crippen LogP) is 2.21. The molecule has 5 nitrogen and oxygen atoms in total. The summed E-state index contributed by atoms with van der Waals surface area (Å²) < 4.78 is 19.7. The second-order valence-electron chi connectivity index (χ2n) is 4.71. The summed E-state index contributed by atoms with van der Waals surface area (Å²) in [6.45, 7) is 1.11. The third-order valence-electron chi connectivity index (χ3n) is 3.38. The summed E-state index contributed by atoms with van der Waals surface area (Å²) >= 11 is 0. The molecule has 0 bridgehead atoms. The molecule has 3 rings (SSSR count). The van der Waals surface area contributed by atoms with Gasteiger partial charge in [0, 0.05) is 18.7 Å². The Morgan fingerprint density at radius 1 is 1.40 bits per heavy atom. The summed E-state index contributed by atoms with van der Waals surface area (Å²) in [5.74, 6) is -1.35. The number of carboxylic acid groups (broad SMARTS) is 1. The normalized spacial score (nSPS) is 18.4. The van der Waals surface area contributed by atoms with Crippen molar-refractivity contribution < 1.29 is 19.0 Å². The van der Waals surface area contributed by atoms with E-state index in [-0.39, 0.29) is 17.3 Å². The van der Waals surface area contributed by atoms with Gasteiger partial charge in [-0.2, -0.15) is 5.10 Å². The highest BCUT2D eigenvalue weighted by Crippen LogP contribution is 2.27. The minimum Gasteiger partial charge on any atom is -0.478 e. The Morgan fingerprint density at radius 2 is 2.15 bits per heavy atom. The first-order valence-electron chi connectivity index (χ1n) is 6.31. The molecule has 0 spiro atoms. The van der Waals surface area contributed by atoms with E-state index in [1.807, 2.05) is 0 Å². The Balaban J connectivity index is 2.02. The molecular formula is C14H13FN2O3. The van der Waals surface area contributed by atoms with Crippen LogP contribution in [0.15, 0.2) is 30.5 Å². The topological polar surface area (TPSA) is 64.3 Å². The van der Waals surface area contributed by atoms with Gasteiger partial charge < -0.3 is 9.84 Å². The van der Waals surface area contributed by atoms with Gasteiger partial charge in [0.1, 0.15) is 11.4 Å². The van der Waals surface area contributed by atoms with Crippen molar-refractivity contribution in [3.8, 4) is 5.69 Å². The average Bonchev–Trinajstić information content (AvgIpc) is 3.08. The molecule has 1 aromatic carbocycles. The Labute approximate surface area is 114 Å². The number of aromatic carboxylic acids is 1. The van der Waals surface area contributed by atoms with Gasteiger partial charge in [-0.05, 0) is 30.7 Å². The van der Waals surface area contributed by atoms with Crippen LogP contribution in [0, 0.1) is 5.82 Å². The summed E-state index contributed by atoms with van der Waals surface area (Å²) in [5.41, 5.74) is 1.32. The molecule has 2 heterocycles. The van der Waals surface area contributed by atoms with Gasteiger partial charge in [-0.3, -0.25) is 0 Å². The molecule has 6 heteroatoms. The van der Waals surface area contributed by atoms with E-state index in [2.05, 4.69) is 5.10 Å². The molecular weight excluding hydrogens is 263 g/mol. The van der Waals surface area contributed by atoms with Crippen LogP contribution < -0.4 is 0 Å². The quantitative estimate of drug-likeness (QED) is 0.933. The van der Waals surface area contributed by atoms with E-state index >= 15 is 0 Å². The molecule has 0 radical (unpaired) electrons. The van der Waals surface area contributed by atoms with Crippen LogP contribution in [0.4, 0.5) is 4.39 Å². The second-order valence-corrected chi connectivity index (χ2v) is 4.71. The highest BCUT2D eigenvalue weighted by Gasteiger charge is 2.27. The highest BCUT2D eigenvalue weighted by molar-refractivity contribution is 5.89. The number of aromatic nitrogens is 2. The van der Waals surface area contributed by atoms with Crippen molar-refractivity contribution in [1.82, 2.24) is 9.78 Å². The van der Waals surface area contributed by atoms with Crippen molar-refractivity contribution >= 4 is 5.97 Å². The number of carboxylic acids is 1. The maximum absolute atomic E-state index is 12.9. The van der Waals surface area contributed by atoms with Crippen molar-refractivity contribution in [1.29, 1.82) is 0 Å². The highest BCUT2D eigenvalue weighted by atomic mass is 19.1. The molecule has 1 aromatic heterocycles. The maximum Gasteiger partial charge on any atom is 0.339 e. The molecule has 2 aromatic rings. The number of nitrogens with zero attached hydrogens (tertiary/aromatic N) is 2. The minimum absolute atomic E-state index is 0.00259. The Bertz CT molecular complexity index is 630. The van der Waals surface area contributed by atoms with Crippen LogP contribution in [0.5, 0.6) is 0 Å². The van der Waals surface area contributed by atoms with Crippen LogP contribution >= 0.6 is 0 Å². The van der Waals surface area contributed by atoms with Gasteiger partial charge in [0.25, 0.3) is 0 Å². The molecule has 0 amide bonds. The van der Waals surface area contributed by atoms with E-state index in [1.54, 1.807) is 12.1 Å². The summed E-state index contributed by atoms with van der Waals surface area (Å²) in [6, 6.07) is 5.75. The smallest absolute Gasteiger partial charge is 0.339 e. The average molecular weight is 276 g/mol. The first-order chi connectivity index (χ1) is 9.65. The van der Waals surface area contributed by atoms with Crippen LogP contribution in [0.2, 0.25) is 0 Å². The zero-order valence-electron chi connectivity index (χ0n) is 10.6. The lowest BCUT2D eigenvalue weighted by molar-refractivity contribution is 0.0695. The van der Waals surface area contributed by atoms with Crippen molar-refractivity contribution in [2.24, 2.45) is 0 Å². The summed E-state index contributed by atoms with van der Waals surface area (Å²) in [4.78, 5) is 11.3. The van der Waals surface area contributed by atoms with E-state index in [9.17, 15) is 14.3 Å². The summed E-state index contributed by atoms with van der Waals surface area (Å²) in [6.07, 6.45) is 2.23. The fourth-order valence-corrected chi connectivity index (χ4v) is 2.33. The molecule has 1 N–H and O–H groups in total. The molecule has 1 fully saturated rings. The molecule has 1 saturated heterocycles. The Morgan fingerprint density at radius 3 is 2.75 bits per heavy atom. The molecule has 1 aliphatic heterocycles. The predicted molar refractivity (Wildman–Crippen MR) is 68.7 cm³/mol. The second kappa shape index (κ2) is 5.05. The molecule has 1 aliphatic rings. The fourth-order valence-electron chi connectivity index (χ4n) is 2.33.